The summed E-state index contributed by atoms with van der Waals surface area (Å²) in [5.74, 6) is 0. The van der Waals surface area contributed by atoms with Gasteiger partial charge in [-0.1, -0.05) is 30.3 Å². The van der Waals surface area contributed by atoms with Crippen molar-refractivity contribution in [3.8, 4) is 11.3 Å². The predicted octanol–water partition coefficient (Wildman–Crippen LogP) is -0.180. The van der Waals surface area contributed by atoms with E-state index in [2.05, 4.69) is 20.4 Å². The summed E-state index contributed by atoms with van der Waals surface area (Å²) in [7, 11) is 0. The van der Waals surface area contributed by atoms with E-state index in [9.17, 15) is 4.79 Å². The number of rotatable bonds is 2. The first-order valence-corrected chi connectivity index (χ1v) is 6.56. The summed E-state index contributed by atoms with van der Waals surface area (Å²) in [4.78, 5) is 13.8. The standard InChI is InChI=1S/C14H16N4O/c19-13-10-12(18-8-6-15-7-9-18)14(17-16-13)11-4-2-1-3-5-11/h1-5,10,15H,6-9H2,(H,16,19)/p+1. The first-order chi connectivity index (χ1) is 9.34. The fourth-order valence-corrected chi connectivity index (χ4v) is 2.43. The van der Waals surface area contributed by atoms with Gasteiger partial charge in [-0.2, -0.15) is 5.10 Å². The smallest absolute Gasteiger partial charge is 0.266 e. The van der Waals surface area contributed by atoms with Gasteiger partial charge in [0.25, 0.3) is 5.56 Å². The van der Waals surface area contributed by atoms with Crippen LogP contribution >= 0.6 is 0 Å². The van der Waals surface area contributed by atoms with Crippen LogP contribution < -0.4 is 15.8 Å². The molecule has 0 bridgehead atoms. The summed E-state index contributed by atoms with van der Waals surface area (Å²) < 4.78 is 0. The monoisotopic (exact) mass is 257 g/mol. The lowest BCUT2D eigenvalue weighted by Gasteiger charge is -2.28. The highest BCUT2D eigenvalue weighted by molar-refractivity contribution is 5.74. The Morgan fingerprint density at radius 2 is 1.89 bits per heavy atom. The van der Waals surface area contributed by atoms with Gasteiger partial charge >= 0.3 is 0 Å². The van der Waals surface area contributed by atoms with Gasteiger partial charge in [0, 0.05) is 11.6 Å². The zero-order valence-corrected chi connectivity index (χ0v) is 10.7. The molecule has 2 aromatic rings. The Balaban J connectivity index is 2.06. The number of nitrogens with two attached hydrogens (primary N) is 1. The molecule has 0 amide bonds. The molecule has 5 nitrogen and oxygen atoms in total. The van der Waals surface area contributed by atoms with Gasteiger partial charge in [0.1, 0.15) is 5.69 Å². The Labute approximate surface area is 111 Å². The van der Waals surface area contributed by atoms with Crippen molar-refractivity contribution in [2.75, 3.05) is 31.1 Å². The van der Waals surface area contributed by atoms with Crippen LogP contribution in [0.2, 0.25) is 0 Å². The zero-order chi connectivity index (χ0) is 13.1. The van der Waals surface area contributed by atoms with Gasteiger partial charge in [-0.25, -0.2) is 5.10 Å². The number of piperazine rings is 1. The second-order valence-corrected chi connectivity index (χ2v) is 4.69. The molecule has 0 spiro atoms. The molecule has 2 heterocycles. The highest BCUT2D eigenvalue weighted by Crippen LogP contribution is 2.26. The van der Waals surface area contributed by atoms with E-state index in [1.807, 2.05) is 30.3 Å². The van der Waals surface area contributed by atoms with E-state index in [-0.39, 0.29) is 5.56 Å². The number of anilines is 1. The maximum atomic E-state index is 11.6. The summed E-state index contributed by atoms with van der Waals surface area (Å²) in [6, 6.07) is 11.6. The van der Waals surface area contributed by atoms with E-state index < -0.39 is 0 Å². The molecule has 1 aliphatic heterocycles. The molecule has 5 heteroatoms. The average molecular weight is 257 g/mol. The average Bonchev–Trinajstić information content (AvgIpc) is 2.49. The van der Waals surface area contributed by atoms with Crippen LogP contribution in [0.25, 0.3) is 11.3 Å². The summed E-state index contributed by atoms with van der Waals surface area (Å²) in [6.45, 7) is 4.01. The van der Waals surface area contributed by atoms with Gasteiger partial charge in [0.15, 0.2) is 0 Å². The Hall–Kier alpha value is -2.14. The molecule has 0 radical (unpaired) electrons. The number of nitrogens with one attached hydrogen (secondary N) is 1. The minimum atomic E-state index is -0.149. The van der Waals surface area contributed by atoms with Crippen LogP contribution in [-0.4, -0.2) is 36.4 Å². The molecule has 0 atom stereocenters. The van der Waals surface area contributed by atoms with E-state index in [1.165, 1.54) is 0 Å². The van der Waals surface area contributed by atoms with Gasteiger partial charge in [0.2, 0.25) is 0 Å². The highest BCUT2D eigenvalue weighted by atomic mass is 16.1. The van der Waals surface area contributed by atoms with E-state index in [1.54, 1.807) is 6.07 Å². The van der Waals surface area contributed by atoms with Crippen molar-refractivity contribution in [1.82, 2.24) is 10.2 Å². The summed E-state index contributed by atoms with van der Waals surface area (Å²) in [6.07, 6.45) is 0. The van der Waals surface area contributed by atoms with Crippen LogP contribution in [0, 0.1) is 0 Å². The molecule has 1 aromatic heterocycles. The maximum absolute atomic E-state index is 11.6. The quantitative estimate of drug-likeness (QED) is 0.784. The summed E-state index contributed by atoms with van der Waals surface area (Å²) in [5, 5.41) is 9.06. The third-order valence-corrected chi connectivity index (χ3v) is 3.38. The Morgan fingerprint density at radius 3 is 2.63 bits per heavy atom. The predicted molar refractivity (Wildman–Crippen MR) is 74.2 cm³/mol. The van der Waals surface area contributed by atoms with E-state index in [4.69, 9.17) is 0 Å². The van der Waals surface area contributed by atoms with Crippen molar-refractivity contribution in [2.45, 2.75) is 0 Å². The van der Waals surface area contributed by atoms with Crippen molar-refractivity contribution in [1.29, 1.82) is 0 Å². The third-order valence-electron chi connectivity index (χ3n) is 3.38. The number of aromatic nitrogens is 2. The Morgan fingerprint density at radius 1 is 1.16 bits per heavy atom. The van der Waals surface area contributed by atoms with Gasteiger partial charge in [0.05, 0.1) is 31.9 Å². The third kappa shape index (κ3) is 2.51. The minimum absolute atomic E-state index is 0.149. The zero-order valence-electron chi connectivity index (χ0n) is 10.7. The largest absolute Gasteiger partial charge is 0.358 e. The van der Waals surface area contributed by atoms with Crippen molar-refractivity contribution in [3.05, 3.63) is 46.8 Å². The number of nitrogens with zero attached hydrogens (tertiary/aromatic N) is 2. The molecule has 3 rings (SSSR count). The molecular weight excluding hydrogens is 240 g/mol. The van der Waals surface area contributed by atoms with Crippen LogP contribution in [0.5, 0.6) is 0 Å². The van der Waals surface area contributed by atoms with Crippen LogP contribution in [0.1, 0.15) is 0 Å². The normalized spacial score (nSPS) is 15.5. The fraction of sp³-hybridized carbons (Fsp3) is 0.286. The lowest BCUT2D eigenvalue weighted by Crippen LogP contribution is -2.89. The van der Waals surface area contributed by atoms with E-state index in [0.717, 1.165) is 43.1 Å². The Bertz CT molecular complexity index is 602. The van der Waals surface area contributed by atoms with Crippen molar-refractivity contribution >= 4 is 5.69 Å². The van der Waals surface area contributed by atoms with Gasteiger partial charge in [-0.05, 0) is 0 Å². The van der Waals surface area contributed by atoms with Crippen molar-refractivity contribution in [3.63, 3.8) is 0 Å². The SMILES string of the molecule is O=c1cc(N2CC[NH2+]CC2)c(-c2ccccc2)n[nH]1. The molecular formula is C14H17N4O+. The molecule has 0 saturated carbocycles. The molecule has 3 N–H and O–H groups in total. The van der Waals surface area contributed by atoms with Crippen LogP contribution in [0.4, 0.5) is 5.69 Å². The summed E-state index contributed by atoms with van der Waals surface area (Å²) in [5.41, 5.74) is 2.66. The molecule has 0 aliphatic carbocycles. The minimum Gasteiger partial charge on any atom is -0.358 e. The van der Waals surface area contributed by atoms with Gasteiger partial charge in [-0.15, -0.1) is 0 Å². The number of quaternary nitrogens is 1. The molecule has 1 fully saturated rings. The number of H-pyrrole nitrogens is 1. The Kier molecular flexibility index (Phi) is 3.29. The van der Waals surface area contributed by atoms with E-state index >= 15 is 0 Å². The van der Waals surface area contributed by atoms with E-state index in [0.29, 0.717) is 0 Å². The first kappa shape index (κ1) is 11.9. The first-order valence-electron chi connectivity index (χ1n) is 6.56. The number of hydrogen-bond donors (Lipinski definition) is 2. The number of aromatic amines is 1. The molecule has 1 aromatic carbocycles. The lowest BCUT2D eigenvalue weighted by atomic mass is 10.1. The molecule has 0 unspecified atom stereocenters. The van der Waals surface area contributed by atoms with Gasteiger partial charge < -0.3 is 10.2 Å². The topological polar surface area (TPSA) is 65.6 Å². The van der Waals surface area contributed by atoms with Crippen LogP contribution in [-0.2, 0) is 0 Å². The summed E-state index contributed by atoms with van der Waals surface area (Å²) >= 11 is 0. The molecule has 19 heavy (non-hydrogen) atoms. The second-order valence-electron chi connectivity index (χ2n) is 4.69. The van der Waals surface area contributed by atoms with Crippen molar-refractivity contribution in [2.24, 2.45) is 0 Å². The number of hydrogen-bond acceptors (Lipinski definition) is 3. The van der Waals surface area contributed by atoms with Crippen molar-refractivity contribution < 1.29 is 5.32 Å². The maximum Gasteiger partial charge on any atom is 0.266 e. The fourth-order valence-electron chi connectivity index (χ4n) is 2.43. The van der Waals surface area contributed by atoms with Gasteiger partial charge in [-0.3, -0.25) is 4.79 Å². The highest BCUT2D eigenvalue weighted by Gasteiger charge is 2.18. The number of benzene rings is 1. The second kappa shape index (κ2) is 5.24. The molecule has 98 valence electrons. The molecule has 1 aliphatic rings. The lowest BCUT2D eigenvalue weighted by molar-refractivity contribution is -0.655. The van der Waals surface area contributed by atoms with Crippen LogP contribution in [0.15, 0.2) is 41.2 Å². The molecule has 1 saturated heterocycles. The van der Waals surface area contributed by atoms with Crippen LogP contribution in [0.3, 0.4) is 0 Å².